The van der Waals surface area contributed by atoms with E-state index in [0.29, 0.717) is 23.1 Å². The van der Waals surface area contributed by atoms with Gasteiger partial charge in [-0.1, -0.05) is 0 Å². The molecule has 0 unspecified atom stereocenters. The first-order valence-electron chi connectivity index (χ1n) is 7.67. The smallest absolute Gasteiger partial charge is 0.199 e. The lowest BCUT2D eigenvalue weighted by Gasteiger charge is -2.30. The molecule has 0 amide bonds. The molecule has 0 bridgehead atoms. The number of oxazole rings is 1. The Hall–Kier alpha value is -1.46. The number of likely N-dealkylation sites (tertiary alicyclic amines) is 1. The summed E-state index contributed by atoms with van der Waals surface area (Å²) in [5.41, 5.74) is 1.30. The highest BCUT2D eigenvalue weighted by molar-refractivity contribution is 5.72. The van der Waals surface area contributed by atoms with Crippen molar-refractivity contribution in [2.45, 2.75) is 31.2 Å². The lowest BCUT2D eigenvalue weighted by atomic mass is 10.1. The summed E-state index contributed by atoms with van der Waals surface area (Å²) < 4.78 is 24.5. The van der Waals surface area contributed by atoms with Gasteiger partial charge in [0, 0.05) is 37.8 Å². The molecule has 5 heteroatoms. The molecule has 2 aliphatic rings. The van der Waals surface area contributed by atoms with Crippen LogP contribution in [-0.4, -0.2) is 42.2 Å². The lowest BCUT2D eigenvalue weighted by molar-refractivity contribution is 0.0417. The minimum Gasteiger partial charge on any atom is -0.440 e. The number of hydrogen-bond acceptors (Lipinski definition) is 4. The van der Waals surface area contributed by atoms with E-state index in [0.717, 1.165) is 51.5 Å². The average Bonchev–Trinajstić information content (AvgIpc) is 3.14. The summed E-state index contributed by atoms with van der Waals surface area (Å²) in [6.07, 6.45) is 3.30. The van der Waals surface area contributed by atoms with Gasteiger partial charge in [0.25, 0.3) is 0 Å². The molecule has 0 N–H and O–H groups in total. The third-order valence-electron chi connectivity index (χ3n) is 4.64. The van der Waals surface area contributed by atoms with E-state index in [4.69, 9.17) is 9.15 Å². The predicted octanol–water partition coefficient (Wildman–Crippen LogP) is 2.94. The Bertz CT molecular complexity index is 636. The van der Waals surface area contributed by atoms with Gasteiger partial charge >= 0.3 is 0 Å². The standard InChI is InChI=1S/C16H19FN2O2/c17-12-1-2-15-14(9-12)18-16(21-15)11-3-6-19(10-11)13-4-7-20-8-5-13/h1-2,9,11,13H,3-8,10H2/t11-/m0/s1. The highest BCUT2D eigenvalue weighted by Gasteiger charge is 2.32. The van der Waals surface area contributed by atoms with Crippen LogP contribution in [0, 0.1) is 5.82 Å². The second-order valence-electron chi connectivity index (χ2n) is 5.99. The molecule has 1 atom stereocenters. The van der Waals surface area contributed by atoms with Crippen molar-refractivity contribution in [3.8, 4) is 0 Å². The van der Waals surface area contributed by atoms with E-state index in [-0.39, 0.29) is 5.82 Å². The van der Waals surface area contributed by atoms with Crippen LogP contribution in [0.25, 0.3) is 11.1 Å². The summed E-state index contributed by atoms with van der Waals surface area (Å²) in [5.74, 6) is 0.811. The lowest BCUT2D eigenvalue weighted by Crippen LogP contribution is -2.37. The Morgan fingerprint density at radius 2 is 2.05 bits per heavy atom. The van der Waals surface area contributed by atoms with Gasteiger partial charge in [0.1, 0.15) is 11.3 Å². The summed E-state index contributed by atoms with van der Waals surface area (Å²) in [6, 6.07) is 5.14. The molecule has 4 nitrogen and oxygen atoms in total. The molecule has 0 spiro atoms. The van der Waals surface area contributed by atoms with Crippen LogP contribution >= 0.6 is 0 Å². The minimum atomic E-state index is -0.266. The van der Waals surface area contributed by atoms with Gasteiger partial charge in [-0.3, -0.25) is 4.90 Å². The Labute approximate surface area is 122 Å². The van der Waals surface area contributed by atoms with E-state index in [1.807, 2.05) is 0 Å². The summed E-state index contributed by atoms with van der Waals surface area (Å²) in [7, 11) is 0. The number of ether oxygens (including phenoxy) is 1. The molecule has 0 saturated carbocycles. The molecule has 2 aromatic rings. The summed E-state index contributed by atoms with van der Waals surface area (Å²) in [6.45, 7) is 3.81. The monoisotopic (exact) mass is 290 g/mol. The maximum Gasteiger partial charge on any atom is 0.199 e. The van der Waals surface area contributed by atoms with Crippen LogP contribution in [0.1, 0.15) is 31.1 Å². The van der Waals surface area contributed by atoms with Crippen molar-refractivity contribution in [1.29, 1.82) is 0 Å². The highest BCUT2D eigenvalue weighted by atomic mass is 19.1. The molecule has 2 saturated heterocycles. The third kappa shape index (κ3) is 2.56. The van der Waals surface area contributed by atoms with E-state index < -0.39 is 0 Å². The average molecular weight is 290 g/mol. The molecule has 1 aromatic carbocycles. The Balaban J connectivity index is 1.50. The van der Waals surface area contributed by atoms with Crippen LogP contribution in [0.4, 0.5) is 4.39 Å². The summed E-state index contributed by atoms with van der Waals surface area (Å²) in [5, 5.41) is 0. The molecule has 1 aromatic heterocycles. The van der Waals surface area contributed by atoms with Gasteiger partial charge in [-0.05, 0) is 37.9 Å². The highest BCUT2D eigenvalue weighted by Crippen LogP contribution is 2.32. The first-order valence-corrected chi connectivity index (χ1v) is 7.67. The van der Waals surface area contributed by atoms with Gasteiger partial charge in [-0.15, -0.1) is 0 Å². The van der Waals surface area contributed by atoms with E-state index in [2.05, 4.69) is 9.88 Å². The van der Waals surface area contributed by atoms with Crippen LogP contribution in [-0.2, 0) is 4.74 Å². The van der Waals surface area contributed by atoms with Gasteiger partial charge in [0.2, 0.25) is 0 Å². The predicted molar refractivity (Wildman–Crippen MR) is 76.7 cm³/mol. The fourth-order valence-corrected chi connectivity index (χ4v) is 3.46. The molecule has 2 fully saturated rings. The third-order valence-corrected chi connectivity index (χ3v) is 4.64. The first-order chi connectivity index (χ1) is 10.3. The van der Waals surface area contributed by atoms with Crippen molar-refractivity contribution in [3.63, 3.8) is 0 Å². The molecule has 0 aliphatic carbocycles. The van der Waals surface area contributed by atoms with Gasteiger partial charge < -0.3 is 9.15 Å². The molecule has 2 aliphatic heterocycles. The molecule has 0 radical (unpaired) electrons. The molecular weight excluding hydrogens is 271 g/mol. The molecular formula is C16H19FN2O2. The molecule has 112 valence electrons. The van der Waals surface area contributed by atoms with Gasteiger partial charge in [0.05, 0.1) is 0 Å². The summed E-state index contributed by atoms with van der Waals surface area (Å²) >= 11 is 0. The second kappa shape index (κ2) is 5.39. The van der Waals surface area contributed by atoms with Crippen molar-refractivity contribution in [2.75, 3.05) is 26.3 Å². The van der Waals surface area contributed by atoms with Crippen LogP contribution in [0.2, 0.25) is 0 Å². The van der Waals surface area contributed by atoms with Crippen molar-refractivity contribution >= 4 is 11.1 Å². The number of rotatable bonds is 2. The fourth-order valence-electron chi connectivity index (χ4n) is 3.46. The Morgan fingerprint density at radius 1 is 1.19 bits per heavy atom. The Kier molecular flexibility index (Phi) is 3.39. The minimum absolute atomic E-state index is 0.266. The van der Waals surface area contributed by atoms with Gasteiger partial charge in [-0.2, -0.15) is 0 Å². The van der Waals surface area contributed by atoms with Crippen LogP contribution < -0.4 is 0 Å². The maximum atomic E-state index is 13.2. The van der Waals surface area contributed by atoms with Gasteiger partial charge in [0.15, 0.2) is 11.5 Å². The maximum absolute atomic E-state index is 13.2. The molecule has 4 rings (SSSR count). The SMILES string of the molecule is Fc1ccc2oc([C@H]3CCN(C4CCOCC4)C3)nc2c1. The molecule has 21 heavy (non-hydrogen) atoms. The molecule has 3 heterocycles. The van der Waals surface area contributed by atoms with Crippen molar-refractivity contribution in [3.05, 3.63) is 29.9 Å². The number of benzene rings is 1. The number of fused-ring (bicyclic) bond motifs is 1. The zero-order valence-electron chi connectivity index (χ0n) is 11.9. The van der Waals surface area contributed by atoms with E-state index >= 15 is 0 Å². The largest absolute Gasteiger partial charge is 0.440 e. The Morgan fingerprint density at radius 3 is 2.90 bits per heavy atom. The first kappa shape index (κ1) is 13.2. The zero-order valence-corrected chi connectivity index (χ0v) is 11.9. The zero-order chi connectivity index (χ0) is 14.2. The topological polar surface area (TPSA) is 38.5 Å². The van der Waals surface area contributed by atoms with E-state index in [1.54, 1.807) is 6.07 Å². The number of hydrogen-bond donors (Lipinski definition) is 0. The second-order valence-corrected chi connectivity index (χ2v) is 5.99. The number of aromatic nitrogens is 1. The quantitative estimate of drug-likeness (QED) is 0.852. The van der Waals surface area contributed by atoms with E-state index in [1.165, 1.54) is 12.1 Å². The fraction of sp³-hybridized carbons (Fsp3) is 0.562. The van der Waals surface area contributed by atoms with Crippen LogP contribution in [0.3, 0.4) is 0 Å². The normalized spacial score (nSPS) is 24.9. The van der Waals surface area contributed by atoms with Crippen molar-refractivity contribution in [2.24, 2.45) is 0 Å². The van der Waals surface area contributed by atoms with Crippen LogP contribution in [0.5, 0.6) is 0 Å². The van der Waals surface area contributed by atoms with Crippen molar-refractivity contribution < 1.29 is 13.5 Å². The van der Waals surface area contributed by atoms with Crippen molar-refractivity contribution in [1.82, 2.24) is 9.88 Å². The van der Waals surface area contributed by atoms with Crippen LogP contribution in [0.15, 0.2) is 22.6 Å². The van der Waals surface area contributed by atoms with E-state index in [9.17, 15) is 4.39 Å². The number of halogens is 1. The number of nitrogens with zero attached hydrogens (tertiary/aromatic N) is 2. The summed E-state index contributed by atoms with van der Waals surface area (Å²) in [4.78, 5) is 7.01. The van der Waals surface area contributed by atoms with Gasteiger partial charge in [-0.25, -0.2) is 9.37 Å².